The van der Waals surface area contributed by atoms with E-state index < -0.39 is 10.0 Å². The van der Waals surface area contributed by atoms with Crippen LogP contribution in [0.1, 0.15) is 13.8 Å². The highest BCUT2D eigenvalue weighted by Crippen LogP contribution is 2.35. The van der Waals surface area contributed by atoms with Gasteiger partial charge < -0.3 is 9.47 Å². The van der Waals surface area contributed by atoms with Crippen LogP contribution in [-0.2, 0) is 14.8 Å². The normalized spacial score (nSPS) is 17.7. The van der Waals surface area contributed by atoms with Crippen LogP contribution in [0.15, 0.2) is 21.5 Å². The molecular formula is C16H24BrClN2O4S. The highest BCUT2D eigenvalue weighted by atomic mass is 79.9. The third-order valence-corrected chi connectivity index (χ3v) is 6.47. The van der Waals surface area contributed by atoms with Crippen molar-refractivity contribution in [3.8, 4) is 5.75 Å². The Morgan fingerprint density at radius 2 is 2.00 bits per heavy atom. The molecular weight excluding hydrogens is 432 g/mol. The number of rotatable bonds is 7. The van der Waals surface area contributed by atoms with Crippen LogP contribution in [0.4, 0.5) is 0 Å². The molecule has 1 N–H and O–H groups in total. The van der Waals surface area contributed by atoms with E-state index in [2.05, 4.69) is 39.4 Å². The lowest BCUT2D eigenvalue weighted by atomic mass is 10.0. The van der Waals surface area contributed by atoms with E-state index in [-0.39, 0.29) is 16.7 Å². The maximum atomic E-state index is 12.8. The van der Waals surface area contributed by atoms with Gasteiger partial charge in [0, 0.05) is 30.7 Å². The molecule has 1 aliphatic heterocycles. The Morgan fingerprint density at radius 1 is 1.36 bits per heavy atom. The summed E-state index contributed by atoms with van der Waals surface area (Å²) in [7, 11) is -2.33. The Kier molecular flexibility index (Phi) is 7.54. The van der Waals surface area contributed by atoms with Crippen LogP contribution in [0.25, 0.3) is 0 Å². The fourth-order valence-corrected chi connectivity index (χ4v) is 5.34. The van der Waals surface area contributed by atoms with Gasteiger partial charge in [-0.25, -0.2) is 13.1 Å². The van der Waals surface area contributed by atoms with Gasteiger partial charge in [0.25, 0.3) is 0 Å². The lowest BCUT2D eigenvalue weighted by molar-refractivity contribution is 0.00776. The zero-order valence-electron chi connectivity index (χ0n) is 14.6. The number of methoxy groups -OCH3 is 1. The first-order chi connectivity index (χ1) is 11.8. The quantitative estimate of drug-likeness (QED) is 0.685. The minimum atomic E-state index is -3.76. The fraction of sp³-hybridized carbons (Fsp3) is 0.625. The average molecular weight is 456 g/mol. The molecule has 0 spiro atoms. The molecule has 1 aromatic carbocycles. The third-order valence-electron chi connectivity index (χ3n) is 4.23. The maximum absolute atomic E-state index is 12.8. The second kappa shape index (κ2) is 9.01. The predicted molar refractivity (Wildman–Crippen MR) is 102 cm³/mol. The number of sulfonamides is 1. The van der Waals surface area contributed by atoms with Gasteiger partial charge in [-0.1, -0.05) is 25.4 Å². The zero-order valence-corrected chi connectivity index (χ0v) is 17.7. The van der Waals surface area contributed by atoms with Gasteiger partial charge in [-0.05, 0) is 34.0 Å². The van der Waals surface area contributed by atoms with Gasteiger partial charge in [0.15, 0.2) is 5.75 Å². The van der Waals surface area contributed by atoms with Crippen molar-refractivity contribution in [2.75, 3.05) is 40.0 Å². The topological polar surface area (TPSA) is 67.9 Å². The van der Waals surface area contributed by atoms with E-state index in [0.29, 0.717) is 35.2 Å². The minimum Gasteiger partial charge on any atom is -0.494 e. The van der Waals surface area contributed by atoms with Gasteiger partial charge in [-0.2, -0.15) is 0 Å². The van der Waals surface area contributed by atoms with E-state index in [4.69, 9.17) is 21.1 Å². The molecule has 0 amide bonds. The highest BCUT2D eigenvalue weighted by molar-refractivity contribution is 9.10. The molecule has 25 heavy (non-hydrogen) atoms. The van der Waals surface area contributed by atoms with Crippen molar-refractivity contribution in [3.63, 3.8) is 0 Å². The Morgan fingerprint density at radius 3 is 2.56 bits per heavy atom. The van der Waals surface area contributed by atoms with E-state index >= 15 is 0 Å². The molecule has 2 rings (SSSR count). The van der Waals surface area contributed by atoms with Crippen LogP contribution in [-0.4, -0.2) is 59.3 Å². The lowest BCUT2D eigenvalue weighted by Crippen LogP contribution is -2.51. The first kappa shape index (κ1) is 20.9. The molecule has 1 heterocycles. The average Bonchev–Trinajstić information content (AvgIpc) is 2.55. The number of benzene rings is 1. The summed E-state index contributed by atoms with van der Waals surface area (Å²) >= 11 is 9.31. The van der Waals surface area contributed by atoms with Crippen molar-refractivity contribution >= 4 is 37.6 Å². The van der Waals surface area contributed by atoms with Gasteiger partial charge >= 0.3 is 0 Å². The molecule has 0 radical (unpaired) electrons. The summed E-state index contributed by atoms with van der Waals surface area (Å²) in [6, 6.07) is 3.09. The molecule has 1 fully saturated rings. The molecule has 1 saturated heterocycles. The van der Waals surface area contributed by atoms with Gasteiger partial charge in [-0.15, -0.1) is 0 Å². The lowest BCUT2D eigenvalue weighted by Gasteiger charge is -2.36. The molecule has 1 atom stereocenters. The Labute approximate surface area is 163 Å². The molecule has 0 aliphatic carbocycles. The summed E-state index contributed by atoms with van der Waals surface area (Å²) in [5.74, 6) is 0.540. The van der Waals surface area contributed by atoms with E-state index in [0.717, 1.165) is 13.1 Å². The van der Waals surface area contributed by atoms with Crippen molar-refractivity contribution < 1.29 is 17.9 Å². The Bertz CT molecular complexity index is 694. The molecule has 6 nitrogen and oxygen atoms in total. The third kappa shape index (κ3) is 5.30. The number of hydrogen-bond donors (Lipinski definition) is 1. The summed E-state index contributed by atoms with van der Waals surface area (Å²) in [6.45, 7) is 7.44. The van der Waals surface area contributed by atoms with Gasteiger partial charge in [0.1, 0.15) is 4.90 Å². The molecule has 1 aliphatic rings. The van der Waals surface area contributed by atoms with Gasteiger partial charge in [0.2, 0.25) is 10.0 Å². The molecule has 0 saturated carbocycles. The van der Waals surface area contributed by atoms with Crippen LogP contribution < -0.4 is 9.46 Å². The largest absolute Gasteiger partial charge is 0.494 e. The van der Waals surface area contributed by atoms with Crippen molar-refractivity contribution in [2.45, 2.75) is 24.8 Å². The molecule has 142 valence electrons. The number of morpholine rings is 1. The van der Waals surface area contributed by atoms with E-state index in [1.165, 1.54) is 13.2 Å². The summed E-state index contributed by atoms with van der Waals surface area (Å²) in [5, 5.41) is 0.321. The van der Waals surface area contributed by atoms with E-state index in [9.17, 15) is 8.42 Å². The smallest absolute Gasteiger partial charge is 0.244 e. The Balaban J connectivity index is 2.20. The molecule has 9 heteroatoms. The van der Waals surface area contributed by atoms with Crippen molar-refractivity contribution in [2.24, 2.45) is 5.92 Å². The summed E-state index contributed by atoms with van der Waals surface area (Å²) < 4.78 is 39.5. The standard InChI is InChI=1S/C16H24BrClN2O4S/c1-11(2)14(20-4-6-24-7-5-20)10-19-25(21,22)15-9-12(18)8-13(17)16(15)23-3/h8-9,11,14,19H,4-7,10H2,1-3H3/t14-/m0/s1. The fourth-order valence-electron chi connectivity index (χ4n) is 2.90. The van der Waals surface area contributed by atoms with E-state index in [1.54, 1.807) is 6.07 Å². The van der Waals surface area contributed by atoms with Crippen molar-refractivity contribution in [3.05, 3.63) is 21.6 Å². The van der Waals surface area contributed by atoms with Gasteiger partial charge in [-0.3, -0.25) is 4.90 Å². The van der Waals surface area contributed by atoms with Crippen LogP contribution in [0.3, 0.4) is 0 Å². The van der Waals surface area contributed by atoms with Crippen molar-refractivity contribution in [1.82, 2.24) is 9.62 Å². The number of nitrogens with zero attached hydrogens (tertiary/aromatic N) is 1. The molecule has 0 bridgehead atoms. The highest BCUT2D eigenvalue weighted by Gasteiger charge is 2.28. The Hall–Kier alpha value is -0.380. The number of hydrogen-bond acceptors (Lipinski definition) is 5. The first-order valence-electron chi connectivity index (χ1n) is 8.10. The second-order valence-corrected chi connectivity index (χ2v) is 9.26. The number of ether oxygens (including phenoxy) is 2. The summed E-state index contributed by atoms with van der Waals surface area (Å²) in [5.41, 5.74) is 0. The minimum absolute atomic E-state index is 0.0267. The molecule has 0 unspecified atom stereocenters. The van der Waals surface area contributed by atoms with Crippen LogP contribution in [0.2, 0.25) is 5.02 Å². The number of halogens is 2. The first-order valence-corrected chi connectivity index (χ1v) is 10.8. The van der Waals surface area contributed by atoms with Crippen LogP contribution in [0, 0.1) is 5.92 Å². The van der Waals surface area contributed by atoms with Crippen molar-refractivity contribution in [1.29, 1.82) is 0 Å². The predicted octanol–water partition coefficient (Wildman–Crippen LogP) is 2.75. The SMILES string of the molecule is COc1c(Br)cc(Cl)cc1S(=O)(=O)NC[C@@H](C(C)C)N1CCOCC1. The second-order valence-electron chi connectivity index (χ2n) is 6.23. The van der Waals surface area contributed by atoms with Gasteiger partial charge in [0.05, 0.1) is 24.8 Å². The molecule has 0 aromatic heterocycles. The summed E-state index contributed by atoms with van der Waals surface area (Å²) in [6.07, 6.45) is 0. The summed E-state index contributed by atoms with van der Waals surface area (Å²) in [4.78, 5) is 2.29. The molecule has 1 aromatic rings. The number of nitrogens with one attached hydrogen (secondary N) is 1. The van der Waals surface area contributed by atoms with Crippen LogP contribution >= 0.6 is 27.5 Å². The van der Waals surface area contributed by atoms with E-state index in [1.807, 2.05) is 0 Å². The van der Waals surface area contributed by atoms with Crippen LogP contribution in [0.5, 0.6) is 5.75 Å². The zero-order chi connectivity index (χ0) is 18.6. The monoisotopic (exact) mass is 454 g/mol. The maximum Gasteiger partial charge on any atom is 0.244 e.